The predicted octanol–water partition coefficient (Wildman–Crippen LogP) is 3.43. The molecule has 0 heterocycles. The molecule has 20 heavy (non-hydrogen) atoms. The van der Waals surface area contributed by atoms with Crippen LogP contribution in [0.15, 0.2) is 24.3 Å². The summed E-state index contributed by atoms with van der Waals surface area (Å²) in [5.41, 5.74) is 0.789. The van der Waals surface area contributed by atoms with Crippen LogP contribution in [0.5, 0.6) is 0 Å². The quantitative estimate of drug-likeness (QED) is 0.840. The molecule has 1 amide bonds. The summed E-state index contributed by atoms with van der Waals surface area (Å²) in [4.78, 5) is 11.8. The number of aliphatic hydroxyl groups is 1. The summed E-state index contributed by atoms with van der Waals surface area (Å²) in [7, 11) is 0. The average molecular weight is 314 g/mol. The van der Waals surface area contributed by atoms with E-state index >= 15 is 0 Å². The van der Waals surface area contributed by atoms with Crippen molar-refractivity contribution in [3.63, 3.8) is 0 Å². The molecule has 2 N–H and O–H groups in total. The zero-order chi connectivity index (χ0) is 14.5. The fourth-order valence-corrected chi connectivity index (χ4v) is 2.86. The van der Waals surface area contributed by atoms with E-state index in [4.69, 9.17) is 23.2 Å². The van der Waals surface area contributed by atoms with Crippen LogP contribution in [0.2, 0.25) is 10.0 Å². The van der Waals surface area contributed by atoms with Gasteiger partial charge in [-0.2, -0.15) is 0 Å². The Kier molecular flexibility index (Phi) is 5.46. The Labute approximate surface area is 128 Å². The van der Waals surface area contributed by atoms with E-state index in [0.29, 0.717) is 10.0 Å². The molecule has 1 aliphatic carbocycles. The van der Waals surface area contributed by atoms with Crippen LogP contribution in [0.3, 0.4) is 0 Å². The van der Waals surface area contributed by atoms with Crippen molar-refractivity contribution in [3.8, 4) is 0 Å². The molecule has 0 aliphatic heterocycles. The van der Waals surface area contributed by atoms with Crippen molar-refractivity contribution in [2.75, 3.05) is 0 Å². The van der Waals surface area contributed by atoms with E-state index in [1.54, 1.807) is 24.3 Å². The normalized spacial score (nSPS) is 22.9. The minimum absolute atomic E-state index is 0.137. The first-order valence-corrected chi connectivity index (χ1v) is 7.41. The molecular weight excluding hydrogens is 297 g/mol. The number of hydrogen-bond donors (Lipinski definition) is 2. The lowest BCUT2D eigenvalue weighted by molar-refractivity contribution is -0.117. The highest BCUT2D eigenvalue weighted by Gasteiger charge is 2.19. The van der Waals surface area contributed by atoms with Crippen molar-refractivity contribution in [2.45, 2.75) is 37.8 Å². The van der Waals surface area contributed by atoms with Gasteiger partial charge < -0.3 is 10.4 Å². The Bertz CT molecular complexity index is 488. The molecule has 0 spiro atoms. The number of carbonyl (C=O) groups is 1. The summed E-state index contributed by atoms with van der Waals surface area (Å²) in [5, 5.41) is 13.4. The highest BCUT2D eigenvalue weighted by atomic mass is 35.5. The van der Waals surface area contributed by atoms with Gasteiger partial charge in [-0.05, 0) is 55.5 Å². The van der Waals surface area contributed by atoms with Crippen LogP contribution in [0, 0.1) is 0 Å². The first kappa shape index (κ1) is 15.4. The molecule has 0 saturated heterocycles. The molecule has 0 bridgehead atoms. The molecule has 1 aromatic carbocycles. The molecule has 3 nitrogen and oxygen atoms in total. The van der Waals surface area contributed by atoms with E-state index in [0.717, 1.165) is 31.2 Å². The summed E-state index contributed by atoms with van der Waals surface area (Å²) in [6, 6.07) is 5.29. The van der Waals surface area contributed by atoms with E-state index in [2.05, 4.69) is 5.32 Å². The van der Waals surface area contributed by atoms with Gasteiger partial charge in [-0.15, -0.1) is 0 Å². The van der Waals surface area contributed by atoms with Crippen LogP contribution in [0.1, 0.15) is 31.2 Å². The standard InChI is InChI=1S/C15H17Cl2NO2/c16-11-7-10(8-12(17)9-11)1-6-15(20)18-13-2-4-14(19)5-3-13/h1,6-9,13-14,19H,2-5H2,(H,18,20). The minimum atomic E-state index is -0.215. The SMILES string of the molecule is O=C(C=Cc1cc(Cl)cc(Cl)c1)NC1CCC(O)CC1. The molecule has 108 valence electrons. The monoisotopic (exact) mass is 313 g/mol. The molecule has 1 aromatic rings. The number of amides is 1. The van der Waals surface area contributed by atoms with E-state index in [9.17, 15) is 9.90 Å². The number of aliphatic hydroxyl groups excluding tert-OH is 1. The lowest BCUT2D eigenvalue weighted by Gasteiger charge is -2.25. The Morgan fingerprint density at radius 2 is 1.75 bits per heavy atom. The number of rotatable bonds is 3. The van der Waals surface area contributed by atoms with E-state index in [1.165, 1.54) is 6.08 Å². The van der Waals surface area contributed by atoms with Crippen molar-refractivity contribution in [1.29, 1.82) is 0 Å². The molecule has 1 aliphatic rings. The fourth-order valence-electron chi connectivity index (χ4n) is 2.31. The molecular formula is C15H17Cl2NO2. The zero-order valence-electron chi connectivity index (χ0n) is 11.0. The van der Waals surface area contributed by atoms with Gasteiger partial charge in [0, 0.05) is 22.2 Å². The molecule has 1 saturated carbocycles. The van der Waals surface area contributed by atoms with E-state index < -0.39 is 0 Å². The minimum Gasteiger partial charge on any atom is -0.393 e. The maximum absolute atomic E-state index is 11.8. The molecule has 0 radical (unpaired) electrons. The Morgan fingerprint density at radius 3 is 2.35 bits per heavy atom. The van der Waals surface area contributed by atoms with Gasteiger partial charge in [0.25, 0.3) is 0 Å². The van der Waals surface area contributed by atoms with Gasteiger partial charge in [-0.25, -0.2) is 0 Å². The van der Waals surface area contributed by atoms with E-state index in [1.807, 2.05) is 0 Å². The van der Waals surface area contributed by atoms with Gasteiger partial charge in [0.1, 0.15) is 0 Å². The van der Waals surface area contributed by atoms with Crippen LogP contribution >= 0.6 is 23.2 Å². The van der Waals surface area contributed by atoms with Crippen LogP contribution in [0.25, 0.3) is 6.08 Å². The lowest BCUT2D eigenvalue weighted by Crippen LogP contribution is -2.37. The fraction of sp³-hybridized carbons (Fsp3) is 0.400. The topological polar surface area (TPSA) is 49.3 Å². The Hall–Kier alpha value is -1.03. The van der Waals surface area contributed by atoms with Gasteiger partial charge >= 0.3 is 0 Å². The number of benzene rings is 1. The molecule has 0 unspecified atom stereocenters. The largest absolute Gasteiger partial charge is 0.393 e. The zero-order valence-corrected chi connectivity index (χ0v) is 12.5. The first-order valence-electron chi connectivity index (χ1n) is 6.65. The van der Waals surface area contributed by atoms with Gasteiger partial charge in [-0.3, -0.25) is 4.79 Å². The van der Waals surface area contributed by atoms with Crippen molar-refractivity contribution in [3.05, 3.63) is 39.9 Å². The summed E-state index contributed by atoms with van der Waals surface area (Å²) >= 11 is 11.8. The highest BCUT2D eigenvalue weighted by molar-refractivity contribution is 6.34. The summed E-state index contributed by atoms with van der Waals surface area (Å²) in [6.45, 7) is 0. The third kappa shape index (κ3) is 4.82. The van der Waals surface area contributed by atoms with Gasteiger partial charge in [0.05, 0.1) is 6.10 Å². The van der Waals surface area contributed by atoms with Crippen molar-refractivity contribution >= 4 is 35.2 Å². The van der Waals surface area contributed by atoms with Crippen LogP contribution in [-0.2, 0) is 4.79 Å². The number of carbonyl (C=O) groups excluding carboxylic acids is 1. The second-order valence-electron chi connectivity index (χ2n) is 5.05. The number of hydrogen-bond acceptors (Lipinski definition) is 2. The van der Waals surface area contributed by atoms with Crippen LogP contribution < -0.4 is 5.32 Å². The van der Waals surface area contributed by atoms with Crippen LogP contribution in [0.4, 0.5) is 0 Å². The highest BCUT2D eigenvalue weighted by Crippen LogP contribution is 2.20. The third-order valence-electron chi connectivity index (χ3n) is 3.36. The Morgan fingerprint density at radius 1 is 1.15 bits per heavy atom. The average Bonchev–Trinajstić information content (AvgIpc) is 2.38. The van der Waals surface area contributed by atoms with Gasteiger partial charge in [-0.1, -0.05) is 23.2 Å². The second kappa shape index (κ2) is 7.11. The smallest absolute Gasteiger partial charge is 0.244 e. The number of nitrogens with one attached hydrogen (secondary N) is 1. The lowest BCUT2D eigenvalue weighted by atomic mass is 9.93. The summed E-state index contributed by atoms with van der Waals surface area (Å²) < 4.78 is 0. The third-order valence-corrected chi connectivity index (χ3v) is 3.79. The molecule has 2 rings (SSSR count). The van der Waals surface area contributed by atoms with Crippen molar-refractivity contribution < 1.29 is 9.90 Å². The van der Waals surface area contributed by atoms with E-state index in [-0.39, 0.29) is 18.1 Å². The predicted molar refractivity (Wildman–Crippen MR) is 81.9 cm³/mol. The molecule has 0 atom stereocenters. The van der Waals surface area contributed by atoms with Gasteiger partial charge in [0.15, 0.2) is 0 Å². The van der Waals surface area contributed by atoms with Crippen LogP contribution in [-0.4, -0.2) is 23.2 Å². The second-order valence-corrected chi connectivity index (χ2v) is 5.92. The molecule has 0 aromatic heterocycles. The number of halogens is 2. The summed E-state index contributed by atoms with van der Waals surface area (Å²) in [5.74, 6) is -0.137. The molecule has 5 heteroatoms. The van der Waals surface area contributed by atoms with Crippen molar-refractivity contribution in [2.24, 2.45) is 0 Å². The maximum atomic E-state index is 11.8. The first-order chi connectivity index (χ1) is 9.52. The Balaban J connectivity index is 1.89. The van der Waals surface area contributed by atoms with Gasteiger partial charge in [0.2, 0.25) is 5.91 Å². The van der Waals surface area contributed by atoms with Crippen molar-refractivity contribution in [1.82, 2.24) is 5.32 Å². The molecule has 1 fully saturated rings. The summed E-state index contributed by atoms with van der Waals surface area (Å²) in [6.07, 6.45) is 6.09. The maximum Gasteiger partial charge on any atom is 0.244 e.